The van der Waals surface area contributed by atoms with Gasteiger partial charge in [-0.05, 0) is 68.1 Å². The Hall–Kier alpha value is -8.42. The van der Waals surface area contributed by atoms with E-state index in [9.17, 15) is 103 Å². The third-order valence-electron chi connectivity index (χ3n) is 18.4. The number of nitrogens with one attached hydrogen (secondary N) is 2. The second-order valence-electron chi connectivity index (χ2n) is 23.9. The number of halogens is 11. The van der Waals surface area contributed by atoms with Crippen LogP contribution in [0.4, 0.5) is 43.9 Å². The molecule has 5 amide bonds. The van der Waals surface area contributed by atoms with Crippen molar-refractivity contribution in [2.24, 2.45) is 0 Å². The van der Waals surface area contributed by atoms with Crippen LogP contribution in [0.15, 0.2) is 55.3 Å². The van der Waals surface area contributed by atoms with Crippen LogP contribution >= 0.6 is 15.9 Å². The number of ether oxygens (including phenoxy) is 5. The van der Waals surface area contributed by atoms with E-state index in [1.807, 2.05) is 0 Å². The average molecular weight is 1530 g/mol. The van der Waals surface area contributed by atoms with Crippen molar-refractivity contribution in [1.29, 1.82) is 0 Å². The Bertz CT molecular complexity index is 4210. The Morgan fingerprint density at radius 2 is 0.853 bits per heavy atom. The summed E-state index contributed by atoms with van der Waals surface area (Å²) in [5, 5.41) is 47.9. The van der Waals surface area contributed by atoms with Crippen LogP contribution in [-0.4, -0.2) is 172 Å². The van der Waals surface area contributed by atoms with Crippen molar-refractivity contribution in [3.05, 3.63) is 151 Å². The summed E-state index contributed by atoms with van der Waals surface area (Å²) < 4.78 is 158. The maximum atomic E-state index is 14.1. The van der Waals surface area contributed by atoms with Gasteiger partial charge >= 0.3 is 19.8 Å². The van der Waals surface area contributed by atoms with E-state index in [2.05, 4.69) is 40.8 Å². The second-order valence-corrected chi connectivity index (χ2v) is 24.7. The Morgan fingerprint density at radius 1 is 0.529 bits per heavy atom. The number of hydrogen-bond donors (Lipinski definition) is 6. The number of methoxy groups -OCH3 is 2. The van der Waals surface area contributed by atoms with Gasteiger partial charge in [-0.2, -0.15) is 26.3 Å². The molecule has 25 nitrogen and oxygen atoms in total. The monoisotopic (exact) mass is 1520 g/mol. The van der Waals surface area contributed by atoms with E-state index >= 15 is 0 Å². The molecule has 0 saturated carbocycles. The molecule has 0 fully saturated rings. The van der Waals surface area contributed by atoms with Crippen molar-refractivity contribution >= 4 is 45.5 Å². The fourth-order valence-electron chi connectivity index (χ4n) is 14.1. The zero-order valence-electron chi connectivity index (χ0n) is 53.4. The number of nitrogens with zero attached hydrogens (tertiary/aromatic N) is 6. The third kappa shape index (κ3) is 15.2. The molecule has 102 heavy (non-hydrogen) atoms. The molecule has 36 heteroatoms. The zero-order chi connectivity index (χ0) is 72.7. The Labute approximate surface area is 585 Å². The normalized spacial score (nSPS) is 20.9. The lowest BCUT2D eigenvalue weighted by Crippen LogP contribution is -2.54. The molecule has 0 spiro atoms. The first kappa shape index (κ1) is 82.5. The quantitative estimate of drug-likeness (QED) is 0.0337. The molecule has 0 saturated heterocycles. The summed E-state index contributed by atoms with van der Waals surface area (Å²) in [6.07, 6.45) is -3.97. The zero-order valence-corrected chi connectivity index (χ0v) is 55.0. The molecule has 2 aromatic carbocycles. The Balaban J connectivity index is 0.000000241. The van der Waals surface area contributed by atoms with Gasteiger partial charge in [0.15, 0.2) is 34.3 Å². The van der Waals surface area contributed by atoms with Crippen LogP contribution < -0.4 is 36.4 Å². The topological polar surface area (TPSA) is 312 Å². The number of carbonyl (C=O) groups excluding carboxylic acids is 5. The Kier molecular flexibility index (Phi) is 26.6. The summed E-state index contributed by atoms with van der Waals surface area (Å²) in [5.74, 6) is -8.85. The summed E-state index contributed by atoms with van der Waals surface area (Å²) in [5.41, 5.74) is -8.09. The summed E-state index contributed by atoms with van der Waals surface area (Å²) in [4.78, 5) is 109. The number of hydrogen-bond acceptors (Lipinski definition) is 17. The van der Waals surface area contributed by atoms with Gasteiger partial charge in [0.2, 0.25) is 16.3 Å². The van der Waals surface area contributed by atoms with Crippen LogP contribution in [0, 0.1) is 23.3 Å². The van der Waals surface area contributed by atoms with Gasteiger partial charge in [-0.1, -0.05) is 34.4 Å². The first-order valence-electron chi connectivity index (χ1n) is 30.8. The average Bonchev–Trinajstić information content (AvgIpc) is 1.52. The number of likely N-dealkylation sites (N-methyl/N-ethyl adjacent to an activating group) is 3. The van der Waals surface area contributed by atoms with Gasteiger partial charge in [0.05, 0.1) is 90.5 Å². The summed E-state index contributed by atoms with van der Waals surface area (Å²) in [6, 6.07) is 5.47. The first-order chi connectivity index (χ1) is 46.8. The van der Waals surface area contributed by atoms with Gasteiger partial charge in [0.25, 0.3) is 29.5 Å². The van der Waals surface area contributed by atoms with Crippen LogP contribution in [0.5, 0.6) is 17.2 Å². The highest BCUT2D eigenvalue weighted by atomic mass is 79.9. The molecule has 6 N–H and O–H groups in total. The highest BCUT2D eigenvalue weighted by Crippen LogP contribution is 2.52. The molecule has 0 bridgehead atoms. The van der Waals surface area contributed by atoms with E-state index in [0.29, 0.717) is 18.7 Å². The van der Waals surface area contributed by atoms with Crippen LogP contribution in [0.25, 0.3) is 0 Å². The summed E-state index contributed by atoms with van der Waals surface area (Å²) in [6.45, 7) is -4.89. The van der Waals surface area contributed by atoms with Gasteiger partial charge in [-0.3, -0.25) is 38.4 Å². The molecule has 3 aromatic heterocycles. The molecule has 0 aliphatic carbocycles. The van der Waals surface area contributed by atoms with Crippen LogP contribution in [-0.2, 0) is 43.9 Å². The molecule has 6 aliphatic rings. The third-order valence-corrected chi connectivity index (χ3v) is 19.2. The maximum absolute atomic E-state index is 14.1. The standard InChI is InChI=1S/C24H25F4N3O6.C23H23F4N3O6.C16H19BrF2N2O5.3CH4/c1-3-30-11-24(6-7-37-23(27)28)9-15(32)17-16(19(33)20(36-2)18(22(30)35)31(17)24)21(34)29-10-12-4-5-13(25)8-14(12)26;1-2-29-10-23(5-6-36-22(26)27)8-14(31)16-15(18(32)19(33)17(21(29)35)30(16)23)20(34)28-9-11-3-4-12(24)7-13(11)25;1-3-20-7-16(4-5-26-15(18)19)6-8(22)10-9(17)12(23)13(25-2)11(14(20)24)21(10)16;;;/h4-5,8,15,23,32H,3,6-7,9-11H2,1-2H3,(H,29,34);3-4,7,14,22,31,33H,2,5-6,8-10H2,1H3,(H,28,34);8,15,22H,3-7H2,1-2H3;3*1H4. The van der Waals surface area contributed by atoms with Gasteiger partial charge in [-0.25, -0.2) is 17.6 Å². The van der Waals surface area contributed by atoms with E-state index in [4.69, 9.17) is 9.47 Å². The number of benzene rings is 2. The number of aromatic hydroxyl groups is 1. The largest absolute Gasteiger partial charge is 0.503 e. The number of aliphatic hydroxyl groups is 3. The van der Waals surface area contributed by atoms with E-state index in [-0.39, 0.29) is 150 Å². The van der Waals surface area contributed by atoms with Crippen molar-refractivity contribution in [2.75, 3.05) is 73.3 Å². The summed E-state index contributed by atoms with van der Waals surface area (Å²) >= 11 is 3.20. The number of aromatic nitrogens is 3. The van der Waals surface area contributed by atoms with Crippen molar-refractivity contribution in [1.82, 2.24) is 39.0 Å². The van der Waals surface area contributed by atoms with Gasteiger partial charge < -0.3 is 83.1 Å². The minimum Gasteiger partial charge on any atom is -0.503 e. The Morgan fingerprint density at radius 3 is 1.20 bits per heavy atom. The molecule has 6 atom stereocenters. The fraction of sp³-hybridized carbons (Fsp3) is 0.515. The molecular formula is C66H79BrF10N8O17. The molecule has 11 rings (SSSR count). The maximum Gasteiger partial charge on any atom is 0.345 e. The van der Waals surface area contributed by atoms with E-state index in [1.165, 1.54) is 30.9 Å². The molecule has 0 radical (unpaired) electrons. The molecule has 6 unspecified atom stereocenters. The highest BCUT2D eigenvalue weighted by Gasteiger charge is 2.56. The minimum atomic E-state index is -3.06. The number of amides is 5. The summed E-state index contributed by atoms with van der Waals surface area (Å²) in [7, 11) is 2.43. The van der Waals surface area contributed by atoms with E-state index in [1.54, 1.807) is 25.3 Å². The van der Waals surface area contributed by atoms with E-state index < -0.39 is 178 Å². The molecule has 9 heterocycles. The first-order valence-corrected chi connectivity index (χ1v) is 31.6. The van der Waals surface area contributed by atoms with E-state index in [0.717, 1.165) is 31.4 Å². The second kappa shape index (κ2) is 32.9. The predicted octanol–water partition coefficient (Wildman–Crippen LogP) is 8.07. The highest BCUT2D eigenvalue weighted by molar-refractivity contribution is 9.10. The predicted molar refractivity (Wildman–Crippen MR) is 347 cm³/mol. The lowest BCUT2D eigenvalue weighted by atomic mass is 9.89. The lowest BCUT2D eigenvalue weighted by Gasteiger charge is -2.43. The van der Waals surface area contributed by atoms with Crippen molar-refractivity contribution in [2.45, 2.75) is 149 Å². The van der Waals surface area contributed by atoms with Gasteiger partial charge in [0, 0.05) is 94.9 Å². The molecule has 6 aliphatic heterocycles. The number of alkyl halides is 6. The number of carbonyl (C=O) groups is 5. The van der Waals surface area contributed by atoms with Crippen molar-refractivity contribution in [3.63, 3.8) is 0 Å². The van der Waals surface area contributed by atoms with Crippen molar-refractivity contribution < 1.29 is 112 Å². The lowest BCUT2D eigenvalue weighted by molar-refractivity contribution is -0.135. The number of aliphatic hydroxyl groups excluding tert-OH is 3. The van der Waals surface area contributed by atoms with Crippen LogP contribution in [0.3, 0.4) is 0 Å². The SMILES string of the molecule is C.C.C.CCN1CC2(CCOC(F)F)CC(O)c3c(Br)c(=O)c(OC)c(n32)C1=O.CCN1CC2(CCOC(F)F)CC(O)c3c(C(=O)NCc4ccc(F)cc4F)c(=O)c(O)c(n32)C1=O.CCN1CC2(CCOC(F)F)CC(O)c3c(C(=O)NCc4ccc(F)cc4F)c(=O)c(OC)c(n32)C1=O. The van der Waals surface area contributed by atoms with Crippen LogP contribution in [0.1, 0.15) is 180 Å². The minimum absolute atomic E-state index is 0. The smallest absolute Gasteiger partial charge is 0.345 e. The van der Waals surface area contributed by atoms with Gasteiger partial charge in [0.1, 0.15) is 34.4 Å². The molecule has 562 valence electrons. The van der Waals surface area contributed by atoms with Crippen LogP contribution in [0.2, 0.25) is 0 Å². The number of pyridine rings is 3. The fourth-order valence-corrected chi connectivity index (χ4v) is 14.7. The molecular weight excluding hydrogens is 1450 g/mol. The van der Waals surface area contributed by atoms with Crippen molar-refractivity contribution in [3.8, 4) is 17.2 Å². The number of rotatable bonds is 23. The van der Waals surface area contributed by atoms with Gasteiger partial charge in [-0.15, -0.1) is 0 Å². The molecule has 5 aromatic rings.